The molecule has 0 aliphatic carbocycles. The van der Waals surface area contributed by atoms with Crippen LogP contribution in [0.15, 0.2) is 97.2 Å². The highest BCUT2D eigenvalue weighted by Crippen LogP contribution is 2.17. The lowest BCUT2D eigenvalue weighted by atomic mass is 10.0. The molecule has 1 atom stereocenters. The minimum Gasteiger partial charge on any atom is -0.462 e. The van der Waals surface area contributed by atoms with Gasteiger partial charge in [-0.2, -0.15) is 0 Å². The number of esters is 3. The van der Waals surface area contributed by atoms with Gasteiger partial charge < -0.3 is 14.2 Å². The van der Waals surface area contributed by atoms with Crippen LogP contribution in [0.1, 0.15) is 355 Å². The number of hydrogen-bond acceptors (Lipinski definition) is 6. The number of unbranched alkanes of at least 4 members (excludes halogenated alkanes) is 38. The van der Waals surface area contributed by atoms with Gasteiger partial charge in [-0.1, -0.05) is 317 Å². The predicted molar refractivity (Wildman–Crippen MR) is 362 cm³/mol. The van der Waals surface area contributed by atoms with Crippen LogP contribution in [-0.4, -0.2) is 37.2 Å². The summed E-state index contributed by atoms with van der Waals surface area (Å²) in [7, 11) is 0. The van der Waals surface area contributed by atoms with Crippen LogP contribution in [0.4, 0.5) is 0 Å². The third kappa shape index (κ3) is 69.0. The number of ether oxygens (including phenoxy) is 3. The van der Waals surface area contributed by atoms with Gasteiger partial charge in [-0.05, 0) is 116 Å². The molecule has 0 bridgehead atoms. The summed E-state index contributed by atoms with van der Waals surface area (Å²) in [6.45, 7) is 6.49. The summed E-state index contributed by atoms with van der Waals surface area (Å²) in [6, 6.07) is 0. The van der Waals surface area contributed by atoms with Gasteiger partial charge >= 0.3 is 17.9 Å². The van der Waals surface area contributed by atoms with Gasteiger partial charge in [0, 0.05) is 19.3 Å². The SMILES string of the molecule is CC/C=C\C/C=C\C/C=C\C/C=C\C/C=C\CCCCCCCCCCCCCCCCCC(=O)OCC(COC(=O)CCCCCCC/C=C\C/C=C\CCC)OC(=O)CCCCCCCCCCC/C=C\CCCCCCCCCC. The minimum absolute atomic E-state index is 0.0800. The van der Waals surface area contributed by atoms with Crippen LogP contribution in [0.25, 0.3) is 0 Å². The Bertz CT molecular complexity index is 1610. The zero-order valence-electron chi connectivity index (χ0n) is 54.9. The highest BCUT2D eigenvalue weighted by Gasteiger charge is 2.19. The maximum absolute atomic E-state index is 12.9. The van der Waals surface area contributed by atoms with Gasteiger partial charge in [0.1, 0.15) is 13.2 Å². The summed E-state index contributed by atoms with van der Waals surface area (Å²) in [5.41, 5.74) is 0. The Morgan fingerprint density at radius 1 is 0.253 bits per heavy atom. The van der Waals surface area contributed by atoms with E-state index < -0.39 is 6.10 Å². The molecule has 0 radical (unpaired) electrons. The van der Waals surface area contributed by atoms with E-state index in [9.17, 15) is 14.4 Å². The van der Waals surface area contributed by atoms with Gasteiger partial charge in [0.2, 0.25) is 0 Å². The van der Waals surface area contributed by atoms with Crippen molar-refractivity contribution in [1.29, 1.82) is 0 Å². The molecular weight excluding hydrogens is 1020 g/mol. The van der Waals surface area contributed by atoms with Gasteiger partial charge in [0.15, 0.2) is 6.10 Å². The maximum atomic E-state index is 12.9. The van der Waals surface area contributed by atoms with Crippen LogP contribution in [0.3, 0.4) is 0 Å². The minimum atomic E-state index is -0.785. The summed E-state index contributed by atoms with van der Waals surface area (Å²) in [5, 5.41) is 0. The Kier molecular flexibility index (Phi) is 67.7. The van der Waals surface area contributed by atoms with Crippen LogP contribution >= 0.6 is 0 Å². The third-order valence-electron chi connectivity index (χ3n) is 15.5. The molecule has 0 aliphatic rings. The molecule has 1 unspecified atom stereocenters. The van der Waals surface area contributed by atoms with E-state index >= 15 is 0 Å². The van der Waals surface area contributed by atoms with Crippen LogP contribution in [0, 0.1) is 0 Å². The van der Waals surface area contributed by atoms with Crippen molar-refractivity contribution in [3.05, 3.63) is 97.2 Å². The molecule has 0 heterocycles. The molecule has 0 aromatic heterocycles. The maximum Gasteiger partial charge on any atom is 0.306 e. The largest absolute Gasteiger partial charge is 0.462 e. The monoisotopic (exact) mass is 1160 g/mol. The fraction of sp³-hybridized carbons (Fsp3) is 0.753. The molecule has 0 spiro atoms. The Balaban J connectivity index is 4.23. The number of carbonyl (C=O) groups is 3. The molecule has 83 heavy (non-hydrogen) atoms. The summed E-state index contributed by atoms with van der Waals surface area (Å²) in [6.07, 6.45) is 95.8. The molecule has 0 amide bonds. The van der Waals surface area contributed by atoms with Crippen molar-refractivity contribution in [2.24, 2.45) is 0 Å². The Morgan fingerprint density at radius 3 is 0.795 bits per heavy atom. The molecule has 6 nitrogen and oxygen atoms in total. The second-order valence-corrected chi connectivity index (χ2v) is 23.8. The van der Waals surface area contributed by atoms with E-state index in [4.69, 9.17) is 14.2 Å². The van der Waals surface area contributed by atoms with Gasteiger partial charge in [-0.15, -0.1) is 0 Å². The van der Waals surface area contributed by atoms with Crippen LogP contribution in [0.2, 0.25) is 0 Å². The lowest BCUT2D eigenvalue weighted by Crippen LogP contribution is -2.30. The standard InChI is InChI=1S/C77H134O6/c1-4-7-10-13-16-19-22-25-27-29-31-33-34-35-36-37-38-39-40-41-42-44-45-47-49-52-55-58-61-64-67-70-76(79)82-73-74(72-81-75(78)69-66-63-60-57-54-51-24-21-18-15-12-9-6-3)83-77(80)71-68-65-62-59-56-53-50-48-46-43-32-30-28-26-23-20-17-14-11-8-5-2/h7,10,12,15-16,19,21,24-25,27,30-33,35-36,74H,4-6,8-9,11,13-14,17-18,20,22-23,26,28-29,34,37-73H2,1-3H3/b10-7-,15-12-,19-16-,24-21-,27-25-,32-30-,33-31-,36-35-. The number of allylic oxidation sites excluding steroid dienone is 16. The van der Waals surface area contributed by atoms with Crippen molar-refractivity contribution in [2.45, 2.75) is 361 Å². The van der Waals surface area contributed by atoms with E-state index in [1.807, 2.05) is 0 Å². The van der Waals surface area contributed by atoms with Gasteiger partial charge in [-0.3, -0.25) is 14.4 Å². The third-order valence-corrected chi connectivity index (χ3v) is 15.5. The Labute approximate surface area is 515 Å². The molecule has 0 rings (SSSR count). The normalized spacial score (nSPS) is 12.7. The molecular formula is C77H134O6. The van der Waals surface area contributed by atoms with E-state index in [-0.39, 0.29) is 31.1 Å². The molecule has 0 fully saturated rings. The summed E-state index contributed by atoms with van der Waals surface area (Å²) >= 11 is 0. The molecule has 0 aromatic rings. The van der Waals surface area contributed by atoms with E-state index in [2.05, 4.69) is 118 Å². The quantitative estimate of drug-likeness (QED) is 0.0261. The first kappa shape index (κ1) is 79.3. The second-order valence-electron chi connectivity index (χ2n) is 23.8. The first-order valence-corrected chi connectivity index (χ1v) is 35.7. The molecule has 6 heteroatoms. The Hall–Kier alpha value is -3.67. The topological polar surface area (TPSA) is 78.9 Å². The van der Waals surface area contributed by atoms with E-state index in [0.717, 1.165) is 116 Å². The fourth-order valence-electron chi connectivity index (χ4n) is 10.2. The average Bonchev–Trinajstić information content (AvgIpc) is 3.49. The zero-order chi connectivity index (χ0) is 59.9. The zero-order valence-corrected chi connectivity index (χ0v) is 54.9. The summed E-state index contributed by atoms with van der Waals surface area (Å²) in [5.74, 6) is -0.880. The summed E-state index contributed by atoms with van der Waals surface area (Å²) in [4.78, 5) is 38.4. The first-order valence-electron chi connectivity index (χ1n) is 35.7. The molecule has 0 aliphatic heterocycles. The molecule has 0 saturated carbocycles. The smallest absolute Gasteiger partial charge is 0.306 e. The van der Waals surface area contributed by atoms with Gasteiger partial charge in [-0.25, -0.2) is 0 Å². The number of carbonyl (C=O) groups excluding carboxylic acids is 3. The van der Waals surface area contributed by atoms with Crippen LogP contribution < -0.4 is 0 Å². The van der Waals surface area contributed by atoms with E-state index in [1.54, 1.807) is 0 Å². The second kappa shape index (κ2) is 70.8. The Morgan fingerprint density at radius 2 is 0.494 bits per heavy atom. The van der Waals surface area contributed by atoms with Gasteiger partial charge in [0.05, 0.1) is 0 Å². The molecule has 0 aromatic carbocycles. The van der Waals surface area contributed by atoms with Crippen molar-refractivity contribution in [1.82, 2.24) is 0 Å². The predicted octanol–water partition coefficient (Wildman–Crippen LogP) is 24.8. The average molecular weight is 1160 g/mol. The molecule has 478 valence electrons. The van der Waals surface area contributed by atoms with Crippen LogP contribution in [-0.2, 0) is 28.6 Å². The lowest BCUT2D eigenvalue weighted by Gasteiger charge is -2.18. The highest BCUT2D eigenvalue weighted by molar-refractivity contribution is 5.71. The van der Waals surface area contributed by atoms with Crippen molar-refractivity contribution in [3.63, 3.8) is 0 Å². The highest BCUT2D eigenvalue weighted by atomic mass is 16.6. The fourth-order valence-corrected chi connectivity index (χ4v) is 10.2. The summed E-state index contributed by atoms with van der Waals surface area (Å²) < 4.78 is 17.0. The van der Waals surface area contributed by atoms with Crippen LogP contribution in [0.5, 0.6) is 0 Å². The first-order chi connectivity index (χ1) is 41.0. The van der Waals surface area contributed by atoms with Crippen molar-refractivity contribution < 1.29 is 28.6 Å². The lowest BCUT2D eigenvalue weighted by molar-refractivity contribution is -0.167. The van der Waals surface area contributed by atoms with E-state index in [1.165, 1.54) is 199 Å². The number of hydrogen-bond donors (Lipinski definition) is 0. The van der Waals surface area contributed by atoms with Crippen molar-refractivity contribution >= 4 is 17.9 Å². The van der Waals surface area contributed by atoms with Crippen molar-refractivity contribution in [2.75, 3.05) is 13.2 Å². The van der Waals surface area contributed by atoms with Crippen molar-refractivity contribution in [3.8, 4) is 0 Å². The van der Waals surface area contributed by atoms with E-state index in [0.29, 0.717) is 19.3 Å². The molecule has 0 N–H and O–H groups in total. The van der Waals surface area contributed by atoms with Gasteiger partial charge in [0.25, 0.3) is 0 Å². The molecule has 0 saturated heterocycles. The number of rotatable bonds is 65.